The van der Waals surface area contributed by atoms with Crippen LogP contribution in [0.2, 0.25) is 0 Å². The molecule has 2 nitrogen and oxygen atoms in total. The summed E-state index contributed by atoms with van der Waals surface area (Å²) in [6, 6.07) is 6.60. The molecule has 15 heavy (non-hydrogen) atoms. The SMILES string of the molecule is CCCC1Oc2cc(Br)ccc2C1NC. The molecule has 1 aromatic rings. The van der Waals surface area contributed by atoms with Crippen LogP contribution in [0, 0.1) is 0 Å². The van der Waals surface area contributed by atoms with Crippen molar-refractivity contribution < 1.29 is 4.74 Å². The fraction of sp³-hybridized carbons (Fsp3) is 0.500. The van der Waals surface area contributed by atoms with E-state index < -0.39 is 0 Å². The molecule has 2 unspecified atom stereocenters. The van der Waals surface area contributed by atoms with Crippen LogP contribution in [0.15, 0.2) is 22.7 Å². The predicted molar refractivity (Wildman–Crippen MR) is 65.3 cm³/mol. The highest BCUT2D eigenvalue weighted by molar-refractivity contribution is 9.10. The van der Waals surface area contributed by atoms with Gasteiger partial charge in [-0.2, -0.15) is 0 Å². The fourth-order valence-corrected chi connectivity index (χ4v) is 2.49. The van der Waals surface area contributed by atoms with Gasteiger partial charge >= 0.3 is 0 Å². The van der Waals surface area contributed by atoms with Gasteiger partial charge in [-0.1, -0.05) is 35.3 Å². The normalized spacial score (nSPS) is 23.7. The molecule has 2 atom stereocenters. The van der Waals surface area contributed by atoms with Crippen molar-refractivity contribution in [3.63, 3.8) is 0 Å². The van der Waals surface area contributed by atoms with Crippen molar-refractivity contribution in [3.05, 3.63) is 28.2 Å². The maximum absolute atomic E-state index is 5.94. The zero-order valence-corrected chi connectivity index (χ0v) is 10.7. The molecule has 1 heterocycles. The number of fused-ring (bicyclic) bond motifs is 1. The molecule has 0 spiro atoms. The molecule has 0 amide bonds. The van der Waals surface area contributed by atoms with Gasteiger partial charge in [-0.05, 0) is 25.6 Å². The Kier molecular flexibility index (Phi) is 3.32. The average molecular weight is 270 g/mol. The topological polar surface area (TPSA) is 21.3 Å². The zero-order chi connectivity index (χ0) is 10.8. The summed E-state index contributed by atoms with van der Waals surface area (Å²) in [5.41, 5.74) is 1.28. The number of likely N-dealkylation sites (N-methyl/N-ethyl adjacent to an activating group) is 1. The summed E-state index contributed by atoms with van der Waals surface area (Å²) in [5.74, 6) is 1.02. The number of benzene rings is 1. The summed E-state index contributed by atoms with van der Waals surface area (Å²) >= 11 is 3.47. The number of rotatable bonds is 3. The molecule has 1 aliphatic heterocycles. The molecular formula is C12H16BrNO. The molecule has 0 radical (unpaired) electrons. The molecule has 0 aliphatic carbocycles. The lowest BCUT2D eigenvalue weighted by Crippen LogP contribution is -2.28. The first-order valence-electron chi connectivity index (χ1n) is 5.39. The Morgan fingerprint density at radius 1 is 1.47 bits per heavy atom. The van der Waals surface area contributed by atoms with Crippen molar-refractivity contribution in [1.82, 2.24) is 5.32 Å². The second-order valence-electron chi connectivity index (χ2n) is 3.89. The van der Waals surface area contributed by atoms with Crippen LogP contribution >= 0.6 is 15.9 Å². The van der Waals surface area contributed by atoms with Crippen LogP contribution < -0.4 is 10.1 Å². The van der Waals surface area contributed by atoms with Crippen LogP contribution in [0.25, 0.3) is 0 Å². The van der Waals surface area contributed by atoms with Gasteiger partial charge in [-0.15, -0.1) is 0 Å². The minimum atomic E-state index is 0.282. The first-order valence-corrected chi connectivity index (χ1v) is 6.19. The molecular weight excluding hydrogens is 254 g/mol. The lowest BCUT2D eigenvalue weighted by atomic mass is 10.0. The van der Waals surface area contributed by atoms with Crippen LogP contribution in [-0.2, 0) is 0 Å². The maximum Gasteiger partial charge on any atom is 0.125 e. The van der Waals surface area contributed by atoms with E-state index in [0.717, 1.165) is 23.1 Å². The van der Waals surface area contributed by atoms with E-state index in [2.05, 4.69) is 46.4 Å². The highest BCUT2D eigenvalue weighted by atomic mass is 79.9. The van der Waals surface area contributed by atoms with Crippen LogP contribution in [-0.4, -0.2) is 13.2 Å². The number of nitrogens with one attached hydrogen (secondary N) is 1. The van der Waals surface area contributed by atoms with Crippen molar-refractivity contribution in [1.29, 1.82) is 0 Å². The van der Waals surface area contributed by atoms with Gasteiger partial charge in [-0.25, -0.2) is 0 Å². The van der Waals surface area contributed by atoms with E-state index in [1.54, 1.807) is 0 Å². The monoisotopic (exact) mass is 269 g/mol. The lowest BCUT2D eigenvalue weighted by Gasteiger charge is -2.17. The van der Waals surface area contributed by atoms with Crippen molar-refractivity contribution >= 4 is 15.9 Å². The molecule has 0 fully saturated rings. The highest BCUT2D eigenvalue weighted by Gasteiger charge is 2.32. The summed E-state index contributed by atoms with van der Waals surface area (Å²) in [4.78, 5) is 0. The van der Waals surface area contributed by atoms with E-state index in [-0.39, 0.29) is 6.10 Å². The third kappa shape index (κ3) is 2.04. The number of ether oxygens (including phenoxy) is 1. The predicted octanol–water partition coefficient (Wildman–Crippen LogP) is 3.27. The van der Waals surface area contributed by atoms with E-state index in [0.29, 0.717) is 6.04 Å². The van der Waals surface area contributed by atoms with Gasteiger partial charge in [0.1, 0.15) is 11.9 Å². The Bertz CT molecular complexity index is 353. The maximum atomic E-state index is 5.94. The van der Waals surface area contributed by atoms with E-state index in [4.69, 9.17) is 4.74 Å². The van der Waals surface area contributed by atoms with Gasteiger partial charge in [0, 0.05) is 10.0 Å². The highest BCUT2D eigenvalue weighted by Crippen LogP contribution is 2.39. The van der Waals surface area contributed by atoms with Crippen molar-refractivity contribution in [2.24, 2.45) is 0 Å². The summed E-state index contributed by atoms with van der Waals surface area (Å²) < 4.78 is 7.02. The van der Waals surface area contributed by atoms with Crippen LogP contribution in [0.5, 0.6) is 5.75 Å². The molecule has 0 bridgehead atoms. The van der Waals surface area contributed by atoms with E-state index in [9.17, 15) is 0 Å². The fourth-order valence-electron chi connectivity index (χ4n) is 2.15. The summed E-state index contributed by atoms with van der Waals surface area (Å²) in [6.45, 7) is 2.19. The van der Waals surface area contributed by atoms with Gasteiger partial charge in [0.15, 0.2) is 0 Å². The van der Waals surface area contributed by atoms with E-state index in [1.165, 1.54) is 5.56 Å². The molecule has 0 saturated carbocycles. The second kappa shape index (κ2) is 4.54. The Morgan fingerprint density at radius 3 is 2.93 bits per heavy atom. The zero-order valence-electron chi connectivity index (χ0n) is 9.09. The second-order valence-corrected chi connectivity index (χ2v) is 4.81. The molecule has 0 aromatic heterocycles. The summed E-state index contributed by atoms with van der Waals surface area (Å²) in [7, 11) is 1.99. The lowest BCUT2D eigenvalue weighted by molar-refractivity contribution is 0.182. The van der Waals surface area contributed by atoms with Gasteiger partial charge in [0.05, 0.1) is 6.04 Å². The van der Waals surface area contributed by atoms with Crippen molar-refractivity contribution in [2.75, 3.05) is 7.05 Å². The van der Waals surface area contributed by atoms with Gasteiger partial charge in [0.25, 0.3) is 0 Å². The largest absolute Gasteiger partial charge is 0.488 e. The Balaban J connectivity index is 2.28. The first kappa shape index (κ1) is 11.0. The van der Waals surface area contributed by atoms with Crippen LogP contribution in [0.1, 0.15) is 31.4 Å². The Morgan fingerprint density at radius 2 is 2.27 bits per heavy atom. The third-order valence-corrected chi connectivity index (χ3v) is 3.34. The summed E-state index contributed by atoms with van der Waals surface area (Å²) in [5, 5.41) is 3.33. The number of hydrogen-bond donors (Lipinski definition) is 1. The minimum absolute atomic E-state index is 0.282. The molecule has 1 aromatic carbocycles. The molecule has 1 aliphatic rings. The standard InChI is InChI=1S/C12H16BrNO/c1-3-4-10-12(14-2)9-6-5-8(13)7-11(9)15-10/h5-7,10,12,14H,3-4H2,1-2H3. The number of halogens is 1. The van der Waals surface area contributed by atoms with E-state index >= 15 is 0 Å². The van der Waals surface area contributed by atoms with Crippen molar-refractivity contribution in [3.8, 4) is 5.75 Å². The third-order valence-electron chi connectivity index (χ3n) is 2.84. The van der Waals surface area contributed by atoms with Gasteiger partial charge < -0.3 is 10.1 Å². The van der Waals surface area contributed by atoms with Crippen LogP contribution in [0.3, 0.4) is 0 Å². The van der Waals surface area contributed by atoms with Crippen molar-refractivity contribution in [2.45, 2.75) is 31.9 Å². The van der Waals surface area contributed by atoms with Gasteiger partial charge in [-0.3, -0.25) is 0 Å². The molecule has 0 saturated heterocycles. The quantitative estimate of drug-likeness (QED) is 0.910. The Hall–Kier alpha value is -0.540. The average Bonchev–Trinajstić information content (AvgIpc) is 2.54. The minimum Gasteiger partial charge on any atom is -0.488 e. The molecule has 2 rings (SSSR count). The smallest absolute Gasteiger partial charge is 0.125 e. The molecule has 82 valence electrons. The summed E-state index contributed by atoms with van der Waals surface area (Å²) in [6.07, 6.45) is 2.53. The first-order chi connectivity index (χ1) is 7.26. The Labute approximate surface area is 99.1 Å². The number of hydrogen-bond acceptors (Lipinski definition) is 2. The van der Waals surface area contributed by atoms with Gasteiger partial charge in [0.2, 0.25) is 0 Å². The molecule has 3 heteroatoms. The van der Waals surface area contributed by atoms with Crippen LogP contribution in [0.4, 0.5) is 0 Å². The molecule has 1 N–H and O–H groups in total. The van der Waals surface area contributed by atoms with E-state index in [1.807, 2.05) is 7.05 Å².